The monoisotopic (exact) mass is 291 g/mol. The third kappa shape index (κ3) is 4.40. The van der Waals surface area contributed by atoms with Gasteiger partial charge in [0.25, 0.3) is 0 Å². The summed E-state index contributed by atoms with van der Waals surface area (Å²) in [5.41, 5.74) is 1.11. The lowest BCUT2D eigenvalue weighted by molar-refractivity contribution is 0.673. The van der Waals surface area contributed by atoms with Crippen LogP contribution in [0, 0.1) is 18.3 Å². The third-order valence-corrected chi connectivity index (χ3v) is 3.67. The lowest BCUT2D eigenvalue weighted by atomic mass is 10.2. The van der Waals surface area contributed by atoms with Gasteiger partial charge in [-0.3, -0.25) is 0 Å². The molecule has 4 heteroatoms. The first-order valence-electron chi connectivity index (χ1n) is 7.28. The second kappa shape index (κ2) is 7.52. The van der Waals surface area contributed by atoms with E-state index in [1.54, 1.807) is 0 Å². The zero-order valence-corrected chi connectivity index (χ0v) is 12.8. The van der Waals surface area contributed by atoms with Crippen molar-refractivity contribution in [2.45, 2.75) is 32.7 Å². The molecule has 1 N–H and O–H groups in total. The first-order chi connectivity index (χ1) is 9.74. The molecule has 0 radical (unpaired) electrons. The largest absolute Gasteiger partial charge is 0.344 e. The number of pyridine rings is 1. The highest BCUT2D eigenvalue weighted by atomic mass is 35.5. The molecule has 1 aliphatic carbocycles. The molecule has 0 aromatic carbocycles. The molecule has 20 heavy (non-hydrogen) atoms. The van der Waals surface area contributed by atoms with Crippen molar-refractivity contribution in [3.63, 3.8) is 0 Å². The fourth-order valence-electron chi connectivity index (χ4n) is 2.16. The number of nitrogens with zero attached hydrogens (tertiary/aromatic N) is 2. The summed E-state index contributed by atoms with van der Waals surface area (Å²) in [7, 11) is 0. The lowest BCUT2D eigenvalue weighted by Crippen LogP contribution is -2.27. The van der Waals surface area contributed by atoms with E-state index >= 15 is 0 Å². The van der Waals surface area contributed by atoms with Crippen molar-refractivity contribution in [1.29, 1.82) is 0 Å². The molecule has 1 saturated carbocycles. The van der Waals surface area contributed by atoms with Crippen LogP contribution in [0.15, 0.2) is 12.3 Å². The summed E-state index contributed by atoms with van der Waals surface area (Å²) in [5.74, 6) is 4.27. The van der Waals surface area contributed by atoms with Crippen molar-refractivity contribution in [2.24, 2.45) is 5.92 Å². The van der Waals surface area contributed by atoms with Gasteiger partial charge >= 0.3 is 0 Å². The van der Waals surface area contributed by atoms with E-state index in [2.05, 4.69) is 28.0 Å². The number of nitrogens with one attached hydrogen (secondary N) is 1. The molecule has 3 nitrogen and oxygen atoms in total. The Bertz CT molecular complexity index is 477. The molecule has 0 unspecified atom stereocenters. The molecule has 1 aromatic rings. The van der Waals surface area contributed by atoms with Crippen LogP contribution in [-0.2, 0) is 6.54 Å². The highest BCUT2D eigenvalue weighted by Crippen LogP contribution is 2.32. The van der Waals surface area contributed by atoms with Crippen LogP contribution in [0.4, 0.5) is 5.82 Å². The summed E-state index contributed by atoms with van der Waals surface area (Å²) in [6.45, 7) is 5.49. The Morgan fingerprint density at radius 3 is 2.95 bits per heavy atom. The Morgan fingerprint density at radius 2 is 2.35 bits per heavy atom. The molecule has 0 amide bonds. The maximum Gasteiger partial charge on any atom is 0.148 e. The normalized spacial score (nSPS) is 14.1. The molecule has 108 valence electrons. The minimum Gasteiger partial charge on any atom is -0.344 e. The molecule has 2 rings (SSSR count). The average molecular weight is 292 g/mol. The van der Waals surface area contributed by atoms with Crippen LogP contribution in [0.3, 0.4) is 0 Å². The molecule has 0 spiro atoms. The van der Waals surface area contributed by atoms with Crippen molar-refractivity contribution >= 4 is 17.4 Å². The Hall–Kier alpha value is -1.24. The van der Waals surface area contributed by atoms with Gasteiger partial charge in [-0.25, -0.2) is 4.98 Å². The van der Waals surface area contributed by atoms with Gasteiger partial charge in [0, 0.05) is 19.3 Å². The summed E-state index contributed by atoms with van der Waals surface area (Å²) in [5, 5.41) is 4.04. The number of anilines is 1. The summed E-state index contributed by atoms with van der Waals surface area (Å²) >= 11 is 6.38. The van der Waals surface area contributed by atoms with Gasteiger partial charge in [0.05, 0.1) is 11.6 Å². The van der Waals surface area contributed by atoms with E-state index in [-0.39, 0.29) is 0 Å². The van der Waals surface area contributed by atoms with Crippen molar-refractivity contribution < 1.29 is 0 Å². The van der Waals surface area contributed by atoms with Crippen LogP contribution in [0.5, 0.6) is 0 Å². The smallest absolute Gasteiger partial charge is 0.148 e. The van der Waals surface area contributed by atoms with Gasteiger partial charge in [0.15, 0.2) is 0 Å². The topological polar surface area (TPSA) is 28.2 Å². The highest BCUT2D eigenvalue weighted by molar-refractivity contribution is 6.33. The molecule has 0 aliphatic heterocycles. The van der Waals surface area contributed by atoms with E-state index in [0.717, 1.165) is 43.4 Å². The predicted molar refractivity (Wildman–Crippen MR) is 85.0 cm³/mol. The van der Waals surface area contributed by atoms with E-state index in [0.29, 0.717) is 11.6 Å². The fraction of sp³-hybridized carbons (Fsp3) is 0.562. The molecule has 0 bridgehead atoms. The molecule has 1 aliphatic rings. The maximum atomic E-state index is 6.38. The number of rotatable bonds is 8. The number of terminal acetylenes is 1. The van der Waals surface area contributed by atoms with Crippen LogP contribution in [0.2, 0.25) is 5.02 Å². The van der Waals surface area contributed by atoms with Crippen LogP contribution in [0.1, 0.15) is 31.7 Å². The van der Waals surface area contributed by atoms with Gasteiger partial charge in [0.2, 0.25) is 0 Å². The summed E-state index contributed by atoms with van der Waals surface area (Å²) in [4.78, 5) is 6.63. The zero-order chi connectivity index (χ0) is 14.4. The Kier molecular flexibility index (Phi) is 5.70. The van der Waals surface area contributed by atoms with Crippen molar-refractivity contribution in [3.05, 3.63) is 22.8 Å². The quantitative estimate of drug-likeness (QED) is 0.589. The zero-order valence-electron chi connectivity index (χ0n) is 12.0. The first kappa shape index (κ1) is 15.2. The SMILES string of the molecule is C#CCN(CC1CC1)c1ncc(CNCCC)cc1Cl. The van der Waals surface area contributed by atoms with E-state index in [1.165, 1.54) is 12.8 Å². The number of halogens is 1. The van der Waals surface area contributed by atoms with Gasteiger partial charge < -0.3 is 10.2 Å². The van der Waals surface area contributed by atoms with E-state index in [9.17, 15) is 0 Å². The summed E-state index contributed by atoms with van der Waals surface area (Å²) < 4.78 is 0. The van der Waals surface area contributed by atoms with Gasteiger partial charge in [-0.1, -0.05) is 24.4 Å². The molecule has 1 fully saturated rings. The van der Waals surface area contributed by atoms with Crippen molar-refractivity contribution in [3.8, 4) is 12.3 Å². The van der Waals surface area contributed by atoms with Crippen LogP contribution >= 0.6 is 11.6 Å². The average Bonchev–Trinajstić information content (AvgIpc) is 3.23. The molecule has 1 aromatic heterocycles. The number of aromatic nitrogens is 1. The third-order valence-electron chi connectivity index (χ3n) is 3.39. The summed E-state index contributed by atoms with van der Waals surface area (Å²) in [6, 6.07) is 1.99. The lowest BCUT2D eigenvalue weighted by Gasteiger charge is -2.22. The highest BCUT2D eigenvalue weighted by Gasteiger charge is 2.25. The summed E-state index contributed by atoms with van der Waals surface area (Å²) in [6.07, 6.45) is 11.0. The van der Waals surface area contributed by atoms with Gasteiger partial charge in [-0.2, -0.15) is 0 Å². The van der Waals surface area contributed by atoms with E-state index in [1.807, 2.05) is 12.3 Å². The Balaban J connectivity index is 2.04. The van der Waals surface area contributed by atoms with Crippen molar-refractivity contribution in [1.82, 2.24) is 10.3 Å². The van der Waals surface area contributed by atoms with E-state index in [4.69, 9.17) is 18.0 Å². The van der Waals surface area contributed by atoms with E-state index < -0.39 is 0 Å². The minimum atomic E-state index is 0.566. The van der Waals surface area contributed by atoms with Gasteiger partial charge in [-0.05, 0) is 43.4 Å². The minimum absolute atomic E-state index is 0.566. The van der Waals surface area contributed by atoms with Gasteiger partial charge in [-0.15, -0.1) is 6.42 Å². The second-order valence-corrected chi connectivity index (χ2v) is 5.76. The van der Waals surface area contributed by atoms with Gasteiger partial charge in [0.1, 0.15) is 5.82 Å². The maximum absolute atomic E-state index is 6.38. The Morgan fingerprint density at radius 1 is 1.55 bits per heavy atom. The standard InChI is InChI=1S/C16H22ClN3/c1-3-7-18-10-14-9-15(17)16(19-11-14)20(8-4-2)12-13-5-6-13/h2,9,11,13,18H,3,5-8,10,12H2,1H3. The molecule has 0 atom stereocenters. The molecular weight excluding hydrogens is 270 g/mol. The predicted octanol–water partition coefficient (Wildman–Crippen LogP) is 3.08. The van der Waals surface area contributed by atoms with Crippen molar-refractivity contribution in [2.75, 3.05) is 24.5 Å². The fourth-order valence-corrected chi connectivity index (χ4v) is 2.47. The Labute approximate surface area is 126 Å². The van der Waals surface area contributed by atoms with Crippen LogP contribution in [-0.4, -0.2) is 24.6 Å². The molecule has 1 heterocycles. The van der Waals surface area contributed by atoms with Crippen LogP contribution < -0.4 is 10.2 Å². The number of hydrogen-bond acceptors (Lipinski definition) is 3. The van der Waals surface area contributed by atoms with Crippen LogP contribution in [0.25, 0.3) is 0 Å². The molecular formula is C16H22ClN3. The number of hydrogen-bond donors (Lipinski definition) is 1. The second-order valence-electron chi connectivity index (χ2n) is 5.35. The first-order valence-corrected chi connectivity index (χ1v) is 7.66. The molecule has 0 saturated heterocycles.